The summed E-state index contributed by atoms with van der Waals surface area (Å²) in [6.07, 6.45) is 1.75. The van der Waals surface area contributed by atoms with E-state index in [4.69, 9.17) is 4.74 Å². The molecule has 0 atom stereocenters. The van der Waals surface area contributed by atoms with E-state index in [-0.39, 0.29) is 6.09 Å². The van der Waals surface area contributed by atoms with Gasteiger partial charge in [0.2, 0.25) is 0 Å². The van der Waals surface area contributed by atoms with Gasteiger partial charge in [0, 0.05) is 24.0 Å². The van der Waals surface area contributed by atoms with E-state index < -0.39 is 5.60 Å². The van der Waals surface area contributed by atoms with E-state index >= 15 is 0 Å². The molecule has 1 aromatic heterocycles. The van der Waals surface area contributed by atoms with Gasteiger partial charge in [0.25, 0.3) is 0 Å². The Bertz CT molecular complexity index is 740. The van der Waals surface area contributed by atoms with E-state index in [9.17, 15) is 4.79 Å². The van der Waals surface area contributed by atoms with Crippen LogP contribution in [-0.2, 0) is 4.74 Å². The maximum Gasteiger partial charge on any atom is 0.410 e. The molecule has 1 aliphatic heterocycles. The lowest BCUT2D eigenvalue weighted by molar-refractivity contribution is 0.0205. The second-order valence-corrected chi connectivity index (χ2v) is 8.68. The highest BCUT2D eigenvalue weighted by Crippen LogP contribution is 2.31. The summed E-state index contributed by atoms with van der Waals surface area (Å²) in [6.45, 7) is 9.25. The summed E-state index contributed by atoms with van der Waals surface area (Å²) in [6, 6.07) is 8.67. The molecule has 0 unspecified atom stereocenters. The van der Waals surface area contributed by atoms with Gasteiger partial charge in [-0.1, -0.05) is 18.2 Å². The van der Waals surface area contributed by atoms with Crippen molar-refractivity contribution in [3.05, 3.63) is 40.2 Å². The number of benzene rings is 1. The molecule has 5 heteroatoms. The Labute approximate surface area is 153 Å². The van der Waals surface area contributed by atoms with Gasteiger partial charge in [-0.2, -0.15) is 0 Å². The molecule has 0 radical (unpaired) electrons. The van der Waals surface area contributed by atoms with E-state index in [0.29, 0.717) is 5.92 Å². The van der Waals surface area contributed by atoms with Crippen molar-refractivity contribution in [2.75, 3.05) is 13.1 Å². The van der Waals surface area contributed by atoms with Gasteiger partial charge >= 0.3 is 6.09 Å². The number of rotatable bonds is 2. The molecular formula is C20H26N2O2S. The van der Waals surface area contributed by atoms with Crippen molar-refractivity contribution in [2.24, 2.45) is 0 Å². The van der Waals surface area contributed by atoms with Crippen LogP contribution in [0, 0.1) is 6.92 Å². The van der Waals surface area contributed by atoms with Crippen LogP contribution in [0.3, 0.4) is 0 Å². The van der Waals surface area contributed by atoms with Crippen molar-refractivity contribution in [1.82, 2.24) is 9.88 Å². The number of aryl methyl sites for hydroxylation is 1. The third-order valence-electron chi connectivity index (χ3n) is 4.42. The number of hydrogen-bond donors (Lipinski definition) is 0. The molecular weight excluding hydrogens is 332 g/mol. The highest BCUT2D eigenvalue weighted by Gasteiger charge is 2.27. The Morgan fingerprint density at radius 2 is 2.00 bits per heavy atom. The number of thiazole rings is 1. The molecule has 2 aromatic rings. The monoisotopic (exact) mass is 358 g/mol. The third-order valence-corrected chi connectivity index (χ3v) is 5.19. The van der Waals surface area contributed by atoms with Crippen LogP contribution in [0.4, 0.5) is 4.79 Å². The van der Waals surface area contributed by atoms with Crippen LogP contribution in [0.2, 0.25) is 0 Å². The number of carbonyl (C=O) groups excluding carboxylic acids is 1. The van der Waals surface area contributed by atoms with Crippen LogP contribution >= 0.6 is 11.3 Å². The molecule has 1 amide bonds. The molecule has 0 N–H and O–H groups in total. The van der Waals surface area contributed by atoms with Gasteiger partial charge in [0.15, 0.2) is 0 Å². The molecule has 1 aliphatic rings. The van der Waals surface area contributed by atoms with Crippen molar-refractivity contribution >= 4 is 17.4 Å². The number of amides is 1. The quantitative estimate of drug-likeness (QED) is 0.738. The maximum atomic E-state index is 12.2. The normalized spacial score (nSPS) is 16.1. The van der Waals surface area contributed by atoms with E-state index in [1.165, 1.54) is 11.1 Å². The predicted octanol–water partition coefficient (Wildman–Crippen LogP) is 5.23. The van der Waals surface area contributed by atoms with Crippen LogP contribution in [0.5, 0.6) is 0 Å². The van der Waals surface area contributed by atoms with Gasteiger partial charge in [0.05, 0.1) is 10.7 Å². The molecule has 25 heavy (non-hydrogen) atoms. The summed E-state index contributed by atoms with van der Waals surface area (Å²) >= 11 is 1.68. The topological polar surface area (TPSA) is 42.4 Å². The molecule has 134 valence electrons. The van der Waals surface area contributed by atoms with Crippen LogP contribution in [0.25, 0.3) is 11.3 Å². The lowest BCUT2D eigenvalue weighted by atomic mass is 9.88. The fourth-order valence-corrected chi connectivity index (χ4v) is 3.79. The van der Waals surface area contributed by atoms with E-state index in [1.807, 2.05) is 32.6 Å². The third kappa shape index (κ3) is 4.60. The average molecular weight is 359 g/mol. The van der Waals surface area contributed by atoms with Crippen molar-refractivity contribution < 1.29 is 9.53 Å². The molecule has 0 saturated carbocycles. The van der Waals surface area contributed by atoms with Crippen LogP contribution in [0.15, 0.2) is 29.6 Å². The minimum atomic E-state index is -0.437. The number of carbonyl (C=O) groups is 1. The van der Waals surface area contributed by atoms with Crippen LogP contribution in [0.1, 0.15) is 50.1 Å². The van der Waals surface area contributed by atoms with Crippen LogP contribution in [-0.4, -0.2) is 34.7 Å². The van der Waals surface area contributed by atoms with E-state index in [2.05, 4.69) is 34.6 Å². The van der Waals surface area contributed by atoms with Gasteiger partial charge < -0.3 is 9.64 Å². The maximum absolute atomic E-state index is 12.2. The smallest absolute Gasteiger partial charge is 0.410 e. The summed E-state index contributed by atoms with van der Waals surface area (Å²) in [5.74, 6) is 0.485. The van der Waals surface area contributed by atoms with E-state index in [1.54, 1.807) is 11.3 Å². The highest BCUT2D eigenvalue weighted by atomic mass is 32.1. The summed E-state index contributed by atoms with van der Waals surface area (Å²) < 4.78 is 5.48. The Hall–Kier alpha value is -1.88. The Morgan fingerprint density at radius 3 is 2.60 bits per heavy atom. The predicted molar refractivity (Wildman–Crippen MR) is 102 cm³/mol. The molecule has 0 aliphatic carbocycles. The second kappa shape index (κ2) is 7.16. The second-order valence-electron chi connectivity index (χ2n) is 7.62. The Morgan fingerprint density at radius 1 is 1.28 bits per heavy atom. The Kier molecular flexibility index (Phi) is 5.13. The first-order valence-corrected chi connectivity index (χ1v) is 9.70. The molecule has 1 saturated heterocycles. The largest absolute Gasteiger partial charge is 0.444 e. The molecule has 0 bridgehead atoms. The summed E-state index contributed by atoms with van der Waals surface area (Å²) in [7, 11) is 0. The first-order valence-electron chi connectivity index (χ1n) is 8.82. The zero-order chi connectivity index (χ0) is 18.0. The number of piperidine rings is 1. The number of ether oxygens (including phenoxy) is 1. The Balaban J connectivity index is 1.64. The van der Waals surface area contributed by atoms with E-state index in [0.717, 1.165) is 36.6 Å². The van der Waals surface area contributed by atoms with Crippen molar-refractivity contribution in [2.45, 2.75) is 52.1 Å². The van der Waals surface area contributed by atoms with Crippen molar-refractivity contribution in [3.8, 4) is 11.3 Å². The first kappa shape index (κ1) is 17.9. The fraction of sp³-hybridized carbons (Fsp3) is 0.500. The summed E-state index contributed by atoms with van der Waals surface area (Å²) in [5.41, 5.74) is 3.13. The lowest BCUT2D eigenvalue weighted by Crippen LogP contribution is -2.41. The zero-order valence-electron chi connectivity index (χ0n) is 15.4. The van der Waals surface area contributed by atoms with Gasteiger partial charge in [-0.3, -0.25) is 0 Å². The number of hydrogen-bond acceptors (Lipinski definition) is 4. The highest BCUT2D eigenvalue weighted by molar-refractivity contribution is 7.09. The van der Waals surface area contributed by atoms with Crippen LogP contribution < -0.4 is 0 Å². The van der Waals surface area contributed by atoms with Gasteiger partial charge in [0.1, 0.15) is 5.60 Å². The lowest BCUT2D eigenvalue weighted by Gasteiger charge is -2.33. The molecule has 0 spiro atoms. The number of aromatic nitrogens is 1. The molecule has 1 fully saturated rings. The standard InChI is InChI=1S/C20H26N2O2S/c1-14-21-18(13-25-14)17-7-5-6-16(12-17)15-8-10-22(11-9-15)19(23)24-20(2,3)4/h5-7,12-13,15H,8-11H2,1-4H3. The van der Waals surface area contributed by atoms with Crippen molar-refractivity contribution in [3.63, 3.8) is 0 Å². The van der Waals surface area contributed by atoms with Gasteiger partial charge in [-0.05, 0) is 58.1 Å². The SMILES string of the molecule is Cc1nc(-c2cccc(C3CCN(C(=O)OC(C)(C)C)CC3)c2)cs1. The minimum Gasteiger partial charge on any atom is -0.444 e. The summed E-state index contributed by atoms with van der Waals surface area (Å²) in [4.78, 5) is 18.6. The summed E-state index contributed by atoms with van der Waals surface area (Å²) in [5, 5.41) is 3.20. The molecule has 2 heterocycles. The first-order chi connectivity index (χ1) is 11.8. The van der Waals surface area contributed by atoms with Gasteiger partial charge in [-0.15, -0.1) is 11.3 Å². The molecule has 4 nitrogen and oxygen atoms in total. The molecule has 1 aromatic carbocycles. The van der Waals surface area contributed by atoms with Gasteiger partial charge in [-0.25, -0.2) is 9.78 Å². The molecule has 3 rings (SSSR count). The fourth-order valence-electron chi connectivity index (χ4n) is 3.17. The average Bonchev–Trinajstić information content (AvgIpc) is 3.00. The number of likely N-dealkylation sites (tertiary alicyclic amines) is 1. The van der Waals surface area contributed by atoms with Crippen molar-refractivity contribution in [1.29, 1.82) is 0 Å². The minimum absolute atomic E-state index is 0.197. The zero-order valence-corrected chi connectivity index (χ0v) is 16.2. The number of nitrogens with zero attached hydrogens (tertiary/aromatic N) is 2.